The van der Waals surface area contributed by atoms with Gasteiger partial charge < -0.3 is 9.73 Å². The van der Waals surface area contributed by atoms with Crippen LogP contribution in [0.2, 0.25) is 0 Å². The molecule has 1 aromatic carbocycles. The number of carbonyl (C=O) groups excluding carboxylic acids is 1. The molecule has 2 aromatic rings. The van der Waals surface area contributed by atoms with Crippen LogP contribution in [0.3, 0.4) is 0 Å². The van der Waals surface area contributed by atoms with E-state index in [1.54, 1.807) is 0 Å². The van der Waals surface area contributed by atoms with Gasteiger partial charge in [-0.05, 0) is 38.3 Å². The highest BCUT2D eigenvalue weighted by Gasteiger charge is 2.22. The summed E-state index contributed by atoms with van der Waals surface area (Å²) in [6.45, 7) is 7.66. The van der Waals surface area contributed by atoms with Gasteiger partial charge in [-0.15, -0.1) is 0 Å². The number of nitrogens with one attached hydrogen (secondary N) is 1. The summed E-state index contributed by atoms with van der Waals surface area (Å²) in [5.41, 5.74) is 2.23. The molecule has 134 valence electrons. The summed E-state index contributed by atoms with van der Waals surface area (Å²) in [5.74, 6) is 1.73. The zero-order chi connectivity index (χ0) is 17.6. The summed E-state index contributed by atoms with van der Waals surface area (Å²) in [6, 6.07) is 10.5. The zero-order valence-corrected chi connectivity index (χ0v) is 15.6. The number of carbonyl (C=O) groups is 1. The number of amides is 1. The van der Waals surface area contributed by atoms with Crippen LogP contribution in [-0.2, 0) is 11.3 Å². The van der Waals surface area contributed by atoms with Gasteiger partial charge in [0, 0.05) is 19.6 Å². The number of aromatic nitrogens is 1. The van der Waals surface area contributed by atoms with Gasteiger partial charge in [-0.25, -0.2) is 4.98 Å². The van der Waals surface area contributed by atoms with Crippen LogP contribution < -0.4 is 5.32 Å². The Hall–Kier alpha value is -1.79. The lowest BCUT2D eigenvalue weighted by atomic mass is 10.1. The van der Waals surface area contributed by atoms with Crippen molar-refractivity contribution < 1.29 is 9.21 Å². The fourth-order valence-electron chi connectivity index (χ4n) is 3.01. The van der Waals surface area contributed by atoms with E-state index in [-0.39, 0.29) is 5.91 Å². The summed E-state index contributed by atoms with van der Waals surface area (Å²) >= 11 is 1.35. The minimum Gasteiger partial charge on any atom is -0.437 e. The van der Waals surface area contributed by atoms with Gasteiger partial charge in [0.1, 0.15) is 5.76 Å². The van der Waals surface area contributed by atoms with Crippen LogP contribution in [0.25, 0.3) is 0 Å². The van der Waals surface area contributed by atoms with Crippen LogP contribution in [0.4, 0.5) is 0 Å². The highest BCUT2D eigenvalue weighted by atomic mass is 32.2. The third-order valence-electron chi connectivity index (χ3n) is 4.54. The monoisotopic (exact) mass is 359 g/mol. The van der Waals surface area contributed by atoms with E-state index in [0.29, 0.717) is 16.9 Å². The van der Waals surface area contributed by atoms with Crippen molar-refractivity contribution in [1.82, 2.24) is 15.2 Å². The Balaban J connectivity index is 1.35. The van der Waals surface area contributed by atoms with Crippen molar-refractivity contribution in [2.45, 2.75) is 32.0 Å². The maximum atomic E-state index is 12.0. The van der Waals surface area contributed by atoms with Crippen molar-refractivity contribution in [1.29, 1.82) is 0 Å². The van der Waals surface area contributed by atoms with Gasteiger partial charge in [-0.1, -0.05) is 42.1 Å². The minimum atomic E-state index is 0.0417. The molecule has 0 radical (unpaired) electrons. The van der Waals surface area contributed by atoms with Gasteiger partial charge in [0.15, 0.2) is 0 Å². The van der Waals surface area contributed by atoms with Crippen LogP contribution in [0.1, 0.15) is 23.4 Å². The molecule has 1 N–H and O–H groups in total. The van der Waals surface area contributed by atoms with Gasteiger partial charge in [0.25, 0.3) is 5.22 Å². The average Bonchev–Trinajstić information content (AvgIpc) is 3.18. The van der Waals surface area contributed by atoms with Crippen LogP contribution in [0.5, 0.6) is 0 Å². The quantitative estimate of drug-likeness (QED) is 0.770. The van der Waals surface area contributed by atoms with E-state index >= 15 is 0 Å². The van der Waals surface area contributed by atoms with Crippen LogP contribution in [0, 0.1) is 19.8 Å². The first kappa shape index (κ1) is 18.0. The number of thioether (sulfide) groups is 1. The third-order valence-corrected chi connectivity index (χ3v) is 5.37. The molecule has 1 aromatic heterocycles. The standard InChI is InChI=1S/C19H25N3O2S/c1-14-15(2)24-19(21-14)25-13-18(23)20-10-17-8-9-22(12-17)11-16-6-4-3-5-7-16/h3-7,17H,8-13H2,1-2H3,(H,20,23). The van der Waals surface area contributed by atoms with Gasteiger partial charge in [-0.3, -0.25) is 9.69 Å². The van der Waals surface area contributed by atoms with Gasteiger partial charge in [-0.2, -0.15) is 0 Å². The molecule has 2 heterocycles. The normalized spacial score (nSPS) is 17.8. The van der Waals surface area contributed by atoms with Crippen molar-refractivity contribution in [2.24, 2.45) is 5.92 Å². The fraction of sp³-hybridized carbons (Fsp3) is 0.474. The number of rotatable bonds is 7. The molecule has 3 rings (SSSR count). The molecular formula is C19H25N3O2S. The van der Waals surface area contributed by atoms with Crippen molar-refractivity contribution in [3.05, 3.63) is 47.3 Å². The number of oxazole rings is 1. The fourth-order valence-corrected chi connectivity index (χ4v) is 3.75. The van der Waals surface area contributed by atoms with Crippen LogP contribution in [0.15, 0.2) is 40.0 Å². The Labute approximate surface area is 153 Å². The van der Waals surface area contributed by atoms with E-state index < -0.39 is 0 Å². The minimum absolute atomic E-state index is 0.0417. The van der Waals surface area contributed by atoms with Crippen molar-refractivity contribution in [3.8, 4) is 0 Å². The molecule has 0 bridgehead atoms. The van der Waals surface area contributed by atoms with Gasteiger partial charge in [0.05, 0.1) is 11.4 Å². The van der Waals surface area contributed by atoms with Crippen molar-refractivity contribution in [2.75, 3.05) is 25.4 Å². The first-order valence-corrected chi connectivity index (χ1v) is 9.68. The Morgan fingerprint density at radius 3 is 2.88 bits per heavy atom. The molecule has 1 unspecified atom stereocenters. The molecule has 1 atom stereocenters. The molecule has 6 heteroatoms. The maximum Gasteiger partial charge on any atom is 0.256 e. The lowest BCUT2D eigenvalue weighted by Crippen LogP contribution is -2.32. The molecular weight excluding hydrogens is 334 g/mol. The van der Waals surface area contributed by atoms with Gasteiger partial charge in [0.2, 0.25) is 5.91 Å². The second kappa shape index (κ2) is 8.54. The summed E-state index contributed by atoms with van der Waals surface area (Å²) in [7, 11) is 0. The first-order chi connectivity index (χ1) is 12.1. The lowest BCUT2D eigenvalue weighted by Gasteiger charge is -2.16. The summed E-state index contributed by atoms with van der Waals surface area (Å²) in [6.07, 6.45) is 1.14. The second-order valence-electron chi connectivity index (χ2n) is 6.59. The zero-order valence-electron chi connectivity index (χ0n) is 14.8. The average molecular weight is 359 g/mol. The van der Waals surface area contributed by atoms with E-state index in [2.05, 4.69) is 39.5 Å². The lowest BCUT2D eigenvalue weighted by molar-refractivity contribution is -0.118. The molecule has 0 saturated carbocycles. The molecule has 0 aliphatic carbocycles. The van der Waals surface area contributed by atoms with E-state index in [1.165, 1.54) is 17.3 Å². The Morgan fingerprint density at radius 1 is 1.36 bits per heavy atom. The molecule has 1 aliphatic rings. The molecule has 0 spiro atoms. The van der Waals surface area contributed by atoms with E-state index in [9.17, 15) is 4.79 Å². The second-order valence-corrected chi connectivity index (χ2v) is 7.52. The molecule has 5 nitrogen and oxygen atoms in total. The number of nitrogens with zero attached hydrogens (tertiary/aromatic N) is 2. The molecule has 1 amide bonds. The smallest absolute Gasteiger partial charge is 0.256 e. The third kappa shape index (κ3) is 5.34. The first-order valence-electron chi connectivity index (χ1n) is 8.70. The number of likely N-dealkylation sites (tertiary alicyclic amines) is 1. The summed E-state index contributed by atoms with van der Waals surface area (Å²) in [4.78, 5) is 18.8. The predicted molar refractivity (Wildman–Crippen MR) is 99.5 cm³/mol. The van der Waals surface area contributed by atoms with E-state index in [1.807, 2.05) is 19.9 Å². The number of benzene rings is 1. The number of aryl methyl sites for hydroxylation is 2. The number of hydrogen-bond acceptors (Lipinski definition) is 5. The topological polar surface area (TPSA) is 58.4 Å². The highest BCUT2D eigenvalue weighted by Crippen LogP contribution is 2.20. The molecule has 1 fully saturated rings. The number of hydrogen-bond donors (Lipinski definition) is 1. The predicted octanol–water partition coefficient (Wildman–Crippen LogP) is 3.02. The molecule has 1 aliphatic heterocycles. The summed E-state index contributed by atoms with van der Waals surface area (Å²) < 4.78 is 5.48. The Bertz CT molecular complexity index is 682. The molecule has 25 heavy (non-hydrogen) atoms. The Kier molecular flexibility index (Phi) is 6.15. The van der Waals surface area contributed by atoms with Crippen LogP contribution in [-0.4, -0.2) is 41.2 Å². The largest absolute Gasteiger partial charge is 0.437 e. The maximum absolute atomic E-state index is 12.0. The van der Waals surface area contributed by atoms with E-state index in [0.717, 1.165) is 44.1 Å². The van der Waals surface area contributed by atoms with Crippen LogP contribution >= 0.6 is 11.8 Å². The van der Waals surface area contributed by atoms with Crippen molar-refractivity contribution >= 4 is 17.7 Å². The SMILES string of the molecule is Cc1nc(SCC(=O)NCC2CCN(Cc3ccccc3)C2)oc1C. The van der Waals surface area contributed by atoms with Crippen molar-refractivity contribution in [3.63, 3.8) is 0 Å². The Morgan fingerprint density at radius 2 is 2.16 bits per heavy atom. The molecule has 1 saturated heterocycles. The summed E-state index contributed by atoms with van der Waals surface area (Å²) in [5, 5.41) is 3.61. The van der Waals surface area contributed by atoms with E-state index in [4.69, 9.17) is 4.42 Å². The van der Waals surface area contributed by atoms with Gasteiger partial charge >= 0.3 is 0 Å². The highest BCUT2D eigenvalue weighted by molar-refractivity contribution is 7.99.